The molecule has 0 aromatic carbocycles. The summed E-state index contributed by atoms with van der Waals surface area (Å²) in [5.74, 6) is -0.809. The van der Waals surface area contributed by atoms with E-state index in [0.717, 1.165) is 12.8 Å². The molecule has 1 atom stereocenters. The van der Waals surface area contributed by atoms with Crippen LogP contribution in [0, 0.1) is 5.92 Å². The number of esters is 1. The first kappa shape index (κ1) is 17.6. The second kappa shape index (κ2) is 7.79. The zero-order valence-corrected chi connectivity index (χ0v) is 15.3. The van der Waals surface area contributed by atoms with Crippen molar-refractivity contribution in [3.8, 4) is 0 Å². The second-order valence-corrected chi connectivity index (χ2v) is 7.74. The summed E-state index contributed by atoms with van der Waals surface area (Å²) < 4.78 is 4.66. The van der Waals surface area contributed by atoms with Gasteiger partial charge < -0.3 is 15.0 Å². The molecular formula is C17H18N2O4S2. The highest BCUT2D eigenvalue weighted by Crippen LogP contribution is 2.25. The number of methoxy groups -OCH3 is 1. The fourth-order valence-corrected chi connectivity index (χ4v) is 4.29. The molecular weight excluding hydrogens is 360 g/mol. The maximum absolute atomic E-state index is 12.5. The summed E-state index contributed by atoms with van der Waals surface area (Å²) in [6.45, 7) is 1.09. The highest BCUT2D eigenvalue weighted by Gasteiger charge is 2.29. The molecule has 132 valence electrons. The van der Waals surface area contributed by atoms with Crippen LogP contribution in [0.2, 0.25) is 0 Å². The Morgan fingerprint density at radius 2 is 2.08 bits per heavy atom. The molecule has 0 unspecified atom stereocenters. The Morgan fingerprint density at radius 1 is 1.24 bits per heavy atom. The summed E-state index contributed by atoms with van der Waals surface area (Å²) in [6, 6.07) is 6.96. The van der Waals surface area contributed by atoms with Crippen LogP contribution in [0.5, 0.6) is 0 Å². The molecule has 1 N–H and O–H groups in total. The van der Waals surface area contributed by atoms with Crippen LogP contribution < -0.4 is 5.32 Å². The quantitative estimate of drug-likeness (QED) is 0.830. The number of nitrogens with zero attached hydrogens (tertiary/aromatic N) is 1. The minimum absolute atomic E-state index is 0.0170. The Morgan fingerprint density at radius 3 is 2.80 bits per heavy atom. The van der Waals surface area contributed by atoms with E-state index in [1.807, 2.05) is 11.4 Å². The van der Waals surface area contributed by atoms with Gasteiger partial charge in [-0.3, -0.25) is 9.59 Å². The smallest absolute Gasteiger partial charge is 0.348 e. The Hall–Kier alpha value is -2.19. The van der Waals surface area contributed by atoms with Crippen LogP contribution in [0.4, 0.5) is 5.00 Å². The van der Waals surface area contributed by atoms with Crippen molar-refractivity contribution in [2.45, 2.75) is 12.8 Å². The van der Waals surface area contributed by atoms with Crippen molar-refractivity contribution in [2.24, 2.45) is 5.92 Å². The third-order valence-electron chi connectivity index (χ3n) is 4.05. The van der Waals surface area contributed by atoms with Gasteiger partial charge in [-0.25, -0.2) is 4.79 Å². The van der Waals surface area contributed by atoms with E-state index in [1.54, 1.807) is 23.1 Å². The zero-order chi connectivity index (χ0) is 17.8. The van der Waals surface area contributed by atoms with E-state index in [-0.39, 0.29) is 17.7 Å². The Kier molecular flexibility index (Phi) is 5.50. The first-order valence-corrected chi connectivity index (χ1v) is 9.60. The zero-order valence-electron chi connectivity index (χ0n) is 13.7. The minimum atomic E-state index is -0.420. The molecule has 2 amide bonds. The van der Waals surface area contributed by atoms with Gasteiger partial charge in [-0.05, 0) is 36.4 Å². The van der Waals surface area contributed by atoms with Gasteiger partial charge in [0.15, 0.2) is 0 Å². The molecule has 1 aliphatic rings. The number of likely N-dealkylation sites (tertiary alicyclic amines) is 1. The molecule has 0 bridgehead atoms. The topological polar surface area (TPSA) is 75.7 Å². The molecule has 3 heterocycles. The fraction of sp³-hybridized carbons (Fsp3) is 0.353. The maximum atomic E-state index is 12.5. The minimum Gasteiger partial charge on any atom is -0.465 e. The number of carbonyl (C=O) groups excluding carboxylic acids is 3. The highest BCUT2D eigenvalue weighted by molar-refractivity contribution is 7.18. The number of anilines is 1. The molecule has 8 heteroatoms. The molecule has 1 aliphatic heterocycles. The molecule has 0 saturated carbocycles. The van der Waals surface area contributed by atoms with E-state index < -0.39 is 5.97 Å². The molecule has 0 radical (unpaired) electrons. The Balaban J connectivity index is 1.61. The number of hydrogen-bond donors (Lipinski definition) is 1. The number of ether oxygens (including phenoxy) is 1. The molecule has 25 heavy (non-hydrogen) atoms. The van der Waals surface area contributed by atoms with Crippen molar-refractivity contribution in [3.63, 3.8) is 0 Å². The van der Waals surface area contributed by atoms with E-state index in [1.165, 1.54) is 29.8 Å². The van der Waals surface area contributed by atoms with Crippen LogP contribution in [0.25, 0.3) is 0 Å². The van der Waals surface area contributed by atoms with Gasteiger partial charge in [0.05, 0.1) is 22.9 Å². The van der Waals surface area contributed by atoms with Crippen LogP contribution in [-0.2, 0) is 9.53 Å². The second-order valence-electron chi connectivity index (χ2n) is 5.71. The van der Waals surface area contributed by atoms with Gasteiger partial charge in [-0.2, -0.15) is 0 Å². The van der Waals surface area contributed by atoms with Crippen LogP contribution >= 0.6 is 22.7 Å². The maximum Gasteiger partial charge on any atom is 0.348 e. The third kappa shape index (κ3) is 4.08. The van der Waals surface area contributed by atoms with Crippen LogP contribution in [0.3, 0.4) is 0 Å². The number of piperidine rings is 1. The molecule has 2 aromatic rings. The lowest BCUT2D eigenvalue weighted by molar-refractivity contribution is -0.121. The predicted molar refractivity (Wildman–Crippen MR) is 97.2 cm³/mol. The lowest BCUT2D eigenvalue weighted by Crippen LogP contribution is -2.43. The molecule has 1 saturated heterocycles. The van der Waals surface area contributed by atoms with Crippen molar-refractivity contribution in [1.29, 1.82) is 0 Å². The summed E-state index contributed by atoms with van der Waals surface area (Å²) >= 11 is 2.59. The van der Waals surface area contributed by atoms with Crippen molar-refractivity contribution in [1.82, 2.24) is 4.90 Å². The lowest BCUT2D eigenvalue weighted by Gasteiger charge is -2.31. The van der Waals surface area contributed by atoms with Crippen molar-refractivity contribution in [2.75, 3.05) is 25.5 Å². The van der Waals surface area contributed by atoms with Crippen LogP contribution in [0.15, 0.2) is 29.6 Å². The van der Waals surface area contributed by atoms with Gasteiger partial charge >= 0.3 is 5.97 Å². The monoisotopic (exact) mass is 378 g/mol. The molecule has 0 aliphatic carbocycles. The number of thiophene rings is 2. The molecule has 1 fully saturated rings. The summed E-state index contributed by atoms with van der Waals surface area (Å²) in [7, 11) is 1.32. The summed E-state index contributed by atoms with van der Waals surface area (Å²) in [6.07, 6.45) is 1.54. The number of hydrogen-bond acceptors (Lipinski definition) is 6. The Labute approximate surface area is 153 Å². The van der Waals surface area contributed by atoms with Gasteiger partial charge in [-0.1, -0.05) is 6.07 Å². The SMILES string of the molecule is COC(=O)c1ccc(NC(=O)[C@@H]2CCCN(C(=O)c3cccs3)C2)s1. The van der Waals surface area contributed by atoms with Gasteiger partial charge in [0.2, 0.25) is 5.91 Å². The van der Waals surface area contributed by atoms with Gasteiger partial charge in [0.25, 0.3) is 5.91 Å². The fourth-order valence-electron chi connectivity index (χ4n) is 2.77. The lowest BCUT2D eigenvalue weighted by atomic mass is 9.97. The first-order chi connectivity index (χ1) is 12.1. The number of carbonyl (C=O) groups is 3. The van der Waals surface area contributed by atoms with Crippen molar-refractivity contribution < 1.29 is 19.1 Å². The summed E-state index contributed by atoms with van der Waals surface area (Å²) in [5, 5.41) is 5.32. The van der Waals surface area contributed by atoms with E-state index in [9.17, 15) is 14.4 Å². The predicted octanol–water partition coefficient (Wildman–Crippen LogP) is 3.09. The third-order valence-corrected chi connectivity index (χ3v) is 5.89. The first-order valence-electron chi connectivity index (χ1n) is 7.90. The van der Waals surface area contributed by atoms with Gasteiger partial charge in [0, 0.05) is 13.1 Å². The molecule has 2 aromatic heterocycles. The summed E-state index contributed by atoms with van der Waals surface area (Å²) in [4.78, 5) is 39.3. The van der Waals surface area contributed by atoms with Crippen molar-refractivity contribution in [3.05, 3.63) is 39.4 Å². The number of nitrogens with one attached hydrogen (secondary N) is 1. The number of amides is 2. The highest BCUT2D eigenvalue weighted by atomic mass is 32.1. The van der Waals surface area contributed by atoms with Gasteiger partial charge in [-0.15, -0.1) is 22.7 Å². The van der Waals surface area contributed by atoms with Crippen molar-refractivity contribution >= 4 is 45.5 Å². The normalized spacial score (nSPS) is 17.2. The van der Waals surface area contributed by atoms with Crippen LogP contribution in [0.1, 0.15) is 32.2 Å². The summed E-state index contributed by atoms with van der Waals surface area (Å²) in [5.41, 5.74) is 0. The number of rotatable bonds is 4. The molecule has 3 rings (SSSR count). The van der Waals surface area contributed by atoms with Gasteiger partial charge in [0.1, 0.15) is 4.88 Å². The van der Waals surface area contributed by atoms with E-state index >= 15 is 0 Å². The average molecular weight is 378 g/mol. The molecule has 6 nitrogen and oxygen atoms in total. The Bertz CT molecular complexity index is 769. The van der Waals surface area contributed by atoms with E-state index in [2.05, 4.69) is 10.1 Å². The standard InChI is InChI=1S/C17H18N2O4S2/c1-23-17(22)13-6-7-14(25-13)18-15(20)11-4-2-8-19(10-11)16(21)12-5-3-9-24-12/h3,5-7,9,11H,2,4,8,10H2,1H3,(H,18,20)/t11-/m1/s1. The van der Waals surface area contributed by atoms with E-state index in [0.29, 0.717) is 27.8 Å². The van der Waals surface area contributed by atoms with Crippen LogP contribution in [-0.4, -0.2) is 42.9 Å². The van der Waals surface area contributed by atoms with E-state index in [4.69, 9.17) is 0 Å². The molecule has 0 spiro atoms. The largest absolute Gasteiger partial charge is 0.465 e. The average Bonchev–Trinajstić information content (AvgIpc) is 3.32.